The van der Waals surface area contributed by atoms with Crippen molar-refractivity contribution in [3.63, 3.8) is 0 Å². The molecule has 0 saturated carbocycles. The average Bonchev–Trinajstić information content (AvgIpc) is 2.19. The summed E-state index contributed by atoms with van der Waals surface area (Å²) in [6.07, 6.45) is 1.23. The van der Waals surface area contributed by atoms with Gasteiger partial charge in [0.25, 0.3) is 0 Å². The monoisotopic (exact) mass is 235 g/mol. The summed E-state index contributed by atoms with van der Waals surface area (Å²) in [6.45, 7) is 0. The van der Waals surface area contributed by atoms with Crippen molar-refractivity contribution in [1.29, 1.82) is 0 Å². The molecular formula is C9H17NO4S. The molecule has 0 aromatic heterocycles. The molecule has 0 bridgehead atoms. The molecule has 0 aliphatic carbocycles. The number of hydrogen-bond donors (Lipinski definition) is 1. The van der Waals surface area contributed by atoms with Gasteiger partial charge in [-0.05, 0) is 18.8 Å². The SMILES string of the molecule is COC(=O)CC[C@H]1CS(=O)(=O)CC[C@@H]1N. The molecule has 2 N–H and O–H groups in total. The van der Waals surface area contributed by atoms with E-state index in [0.29, 0.717) is 12.8 Å². The second-order valence-electron chi connectivity index (χ2n) is 3.94. The molecule has 1 aliphatic rings. The first-order chi connectivity index (χ1) is 6.94. The predicted molar refractivity (Wildman–Crippen MR) is 56.0 cm³/mol. The van der Waals surface area contributed by atoms with Crippen LogP contribution in [0.15, 0.2) is 0 Å². The fraction of sp³-hybridized carbons (Fsp3) is 0.889. The van der Waals surface area contributed by atoms with E-state index in [-0.39, 0.29) is 35.9 Å². The average molecular weight is 235 g/mol. The van der Waals surface area contributed by atoms with Gasteiger partial charge in [-0.25, -0.2) is 8.42 Å². The van der Waals surface area contributed by atoms with Crippen LogP contribution in [-0.4, -0.2) is 39.0 Å². The van der Waals surface area contributed by atoms with E-state index in [0.717, 1.165) is 0 Å². The molecule has 0 spiro atoms. The number of ether oxygens (including phenoxy) is 1. The maximum atomic E-state index is 11.3. The van der Waals surface area contributed by atoms with Gasteiger partial charge >= 0.3 is 5.97 Å². The van der Waals surface area contributed by atoms with E-state index in [1.807, 2.05) is 0 Å². The molecule has 1 heterocycles. The largest absolute Gasteiger partial charge is 0.469 e. The number of carbonyl (C=O) groups is 1. The summed E-state index contributed by atoms with van der Waals surface area (Å²) in [4.78, 5) is 10.9. The highest BCUT2D eigenvalue weighted by Crippen LogP contribution is 2.21. The Hall–Kier alpha value is -0.620. The molecule has 1 rings (SSSR count). The Morgan fingerprint density at radius 3 is 2.80 bits per heavy atom. The first kappa shape index (κ1) is 12.4. The Bertz CT molecular complexity index is 325. The highest BCUT2D eigenvalue weighted by Gasteiger charge is 2.30. The number of carbonyl (C=O) groups excluding carboxylic acids is 1. The summed E-state index contributed by atoms with van der Waals surface area (Å²) < 4.78 is 27.2. The van der Waals surface area contributed by atoms with Crippen molar-refractivity contribution in [1.82, 2.24) is 0 Å². The van der Waals surface area contributed by atoms with Gasteiger partial charge < -0.3 is 10.5 Å². The first-order valence-corrected chi connectivity index (χ1v) is 6.79. The zero-order valence-corrected chi connectivity index (χ0v) is 9.63. The molecule has 0 amide bonds. The zero-order chi connectivity index (χ0) is 11.5. The molecule has 5 nitrogen and oxygen atoms in total. The second-order valence-corrected chi connectivity index (χ2v) is 6.17. The Morgan fingerprint density at radius 2 is 2.20 bits per heavy atom. The van der Waals surface area contributed by atoms with Crippen LogP contribution in [-0.2, 0) is 19.4 Å². The van der Waals surface area contributed by atoms with Gasteiger partial charge in [-0.15, -0.1) is 0 Å². The molecular weight excluding hydrogens is 218 g/mol. The summed E-state index contributed by atoms with van der Waals surface area (Å²) in [5.41, 5.74) is 5.81. The van der Waals surface area contributed by atoms with Gasteiger partial charge in [0.05, 0.1) is 18.6 Å². The van der Waals surface area contributed by atoms with Crippen LogP contribution in [0, 0.1) is 5.92 Å². The molecule has 1 aliphatic heterocycles. The van der Waals surface area contributed by atoms with Gasteiger partial charge in [-0.3, -0.25) is 4.79 Å². The van der Waals surface area contributed by atoms with E-state index >= 15 is 0 Å². The van der Waals surface area contributed by atoms with Crippen molar-refractivity contribution >= 4 is 15.8 Å². The molecule has 88 valence electrons. The van der Waals surface area contributed by atoms with E-state index in [1.165, 1.54) is 7.11 Å². The molecule has 1 saturated heterocycles. The van der Waals surface area contributed by atoms with Crippen molar-refractivity contribution in [3.05, 3.63) is 0 Å². The summed E-state index contributed by atoms with van der Waals surface area (Å²) in [6, 6.07) is -0.113. The molecule has 2 atom stereocenters. The van der Waals surface area contributed by atoms with E-state index in [2.05, 4.69) is 4.74 Å². The van der Waals surface area contributed by atoms with E-state index < -0.39 is 9.84 Å². The van der Waals surface area contributed by atoms with Crippen LogP contribution in [0.25, 0.3) is 0 Å². The standard InChI is InChI=1S/C9H17NO4S/c1-14-9(11)3-2-7-6-15(12,13)5-4-8(7)10/h7-8H,2-6,10H2,1H3/t7-,8-/m0/s1. The number of nitrogens with two attached hydrogens (primary N) is 1. The summed E-state index contributed by atoms with van der Waals surface area (Å²) in [5.74, 6) is -0.151. The zero-order valence-electron chi connectivity index (χ0n) is 8.81. The van der Waals surface area contributed by atoms with Crippen LogP contribution in [0.5, 0.6) is 0 Å². The molecule has 0 unspecified atom stereocenters. The van der Waals surface area contributed by atoms with Gasteiger partial charge in [0, 0.05) is 12.5 Å². The van der Waals surface area contributed by atoms with Crippen LogP contribution in [0.2, 0.25) is 0 Å². The van der Waals surface area contributed by atoms with E-state index in [1.54, 1.807) is 0 Å². The van der Waals surface area contributed by atoms with Gasteiger partial charge in [0.1, 0.15) is 0 Å². The van der Waals surface area contributed by atoms with Gasteiger partial charge in [-0.2, -0.15) is 0 Å². The van der Waals surface area contributed by atoms with E-state index in [9.17, 15) is 13.2 Å². The lowest BCUT2D eigenvalue weighted by atomic mass is 9.95. The van der Waals surface area contributed by atoms with Crippen molar-refractivity contribution in [3.8, 4) is 0 Å². The first-order valence-electron chi connectivity index (χ1n) is 4.97. The summed E-state index contributed by atoms with van der Waals surface area (Å²) in [5, 5.41) is 0. The van der Waals surface area contributed by atoms with Crippen molar-refractivity contribution in [2.75, 3.05) is 18.6 Å². The smallest absolute Gasteiger partial charge is 0.305 e. The predicted octanol–water partition coefficient (Wildman–Crippen LogP) is -0.298. The molecule has 1 fully saturated rings. The molecule has 15 heavy (non-hydrogen) atoms. The van der Waals surface area contributed by atoms with Crippen LogP contribution >= 0.6 is 0 Å². The number of esters is 1. The lowest BCUT2D eigenvalue weighted by Crippen LogP contribution is -2.42. The minimum absolute atomic E-state index is 0.102. The second kappa shape index (κ2) is 4.94. The van der Waals surface area contributed by atoms with Gasteiger partial charge in [-0.1, -0.05) is 0 Å². The van der Waals surface area contributed by atoms with Crippen molar-refractivity contribution < 1.29 is 17.9 Å². The summed E-state index contributed by atoms with van der Waals surface area (Å²) >= 11 is 0. The molecule has 0 aromatic carbocycles. The third-order valence-electron chi connectivity index (χ3n) is 2.78. The van der Waals surface area contributed by atoms with Crippen LogP contribution in [0.4, 0.5) is 0 Å². The maximum absolute atomic E-state index is 11.3. The number of sulfone groups is 1. The lowest BCUT2D eigenvalue weighted by molar-refractivity contribution is -0.140. The van der Waals surface area contributed by atoms with Crippen LogP contribution in [0.1, 0.15) is 19.3 Å². The number of hydrogen-bond acceptors (Lipinski definition) is 5. The third kappa shape index (κ3) is 3.79. The van der Waals surface area contributed by atoms with Crippen molar-refractivity contribution in [2.45, 2.75) is 25.3 Å². The Balaban J connectivity index is 2.49. The van der Waals surface area contributed by atoms with Crippen molar-refractivity contribution in [2.24, 2.45) is 11.7 Å². The fourth-order valence-electron chi connectivity index (χ4n) is 1.79. The minimum atomic E-state index is -2.95. The normalized spacial score (nSPS) is 29.7. The molecule has 6 heteroatoms. The fourth-order valence-corrected chi connectivity index (χ4v) is 3.65. The Morgan fingerprint density at radius 1 is 1.53 bits per heavy atom. The van der Waals surface area contributed by atoms with E-state index in [4.69, 9.17) is 5.73 Å². The highest BCUT2D eigenvalue weighted by molar-refractivity contribution is 7.91. The molecule has 0 aromatic rings. The lowest BCUT2D eigenvalue weighted by Gasteiger charge is -2.28. The molecule has 0 radical (unpaired) electrons. The number of methoxy groups -OCH3 is 1. The quantitative estimate of drug-likeness (QED) is 0.679. The minimum Gasteiger partial charge on any atom is -0.469 e. The summed E-state index contributed by atoms with van der Waals surface area (Å²) in [7, 11) is -1.63. The van der Waals surface area contributed by atoms with Gasteiger partial charge in [0.15, 0.2) is 9.84 Å². The Kier molecular flexibility index (Phi) is 4.10. The number of rotatable bonds is 3. The Labute approximate surface area is 89.9 Å². The third-order valence-corrected chi connectivity index (χ3v) is 4.58. The maximum Gasteiger partial charge on any atom is 0.305 e. The van der Waals surface area contributed by atoms with Gasteiger partial charge in [0.2, 0.25) is 0 Å². The van der Waals surface area contributed by atoms with Crippen LogP contribution < -0.4 is 5.73 Å². The van der Waals surface area contributed by atoms with Crippen LogP contribution in [0.3, 0.4) is 0 Å². The highest BCUT2D eigenvalue weighted by atomic mass is 32.2. The topological polar surface area (TPSA) is 86.5 Å².